The predicted octanol–water partition coefficient (Wildman–Crippen LogP) is 2.08. The molecule has 1 aromatic carbocycles. The molecule has 0 aliphatic carbocycles. The molecular weight excluding hydrogens is 194 g/mol. The molecule has 0 N–H and O–H groups in total. The molecule has 0 bridgehead atoms. The van der Waals surface area contributed by atoms with Gasteiger partial charge in [0.15, 0.2) is 12.0 Å². The van der Waals surface area contributed by atoms with Crippen LogP contribution in [0.2, 0.25) is 0 Å². The third kappa shape index (κ3) is 1.54. The molecule has 5 nitrogen and oxygen atoms in total. The number of benzene rings is 1. The molecule has 0 saturated carbocycles. The molecule has 74 valence electrons. The molecule has 0 amide bonds. The average Bonchev–Trinajstić information content (AvgIpc) is 2.72. The Morgan fingerprint density at radius 1 is 1.27 bits per heavy atom. The van der Waals surface area contributed by atoms with E-state index in [1.54, 1.807) is 12.1 Å². The van der Waals surface area contributed by atoms with Gasteiger partial charge in [0.1, 0.15) is 5.69 Å². The second kappa shape index (κ2) is 3.83. The number of hydrogen-bond acceptors (Lipinski definition) is 4. The minimum atomic E-state index is 0.0499. The molecule has 0 atom stereocenters. The number of rotatable bonds is 3. The van der Waals surface area contributed by atoms with Crippen molar-refractivity contribution in [1.29, 1.82) is 0 Å². The van der Waals surface area contributed by atoms with Gasteiger partial charge in [0, 0.05) is 0 Å². The van der Waals surface area contributed by atoms with Crippen LogP contribution in [0, 0.1) is 4.91 Å². The van der Waals surface area contributed by atoms with Crippen LogP contribution in [-0.2, 0) is 0 Å². The molecular formula is C10H7N3O2. The lowest BCUT2D eigenvalue weighted by Gasteiger charge is -2.01. The van der Waals surface area contributed by atoms with Crippen LogP contribution >= 0.6 is 0 Å². The van der Waals surface area contributed by atoms with Crippen LogP contribution in [0.4, 0.5) is 5.69 Å². The minimum absolute atomic E-state index is 0.0499. The summed E-state index contributed by atoms with van der Waals surface area (Å²) in [6, 6.07) is 9.06. The topological polar surface area (TPSA) is 64.3 Å². The number of nitroso groups, excluding NO2 is 1. The van der Waals surface area contributed by atoms with Gasteiger partial charge in [-0.3, -0.25) is 4.79 Å². The zero-order valence-electron chi connectivity index (χ0n) is 7.70. The molecule has 0 saturated heterocycles. The van der Waals surface area contributed by atoms with Gasteiger partial charge in [0.05, 0.1) is 11.9 Å². The monoisotopic (exact) mass is 201 g/mol. The molecule has 0 radical (unpaired) electrons. The van der Waals surface area contributed by atoms with Crippen LogP contribution in [0.3, 0.4) is 0 Å². The highest BCUT2D eigenvalue weighted by molar-refractivity contribution is 5.81. The van der Waals surface area contributed by atoms with Gasteiger partial charge in [-0.25, -0.2) is 4.68 Å². The minimum Gasteiger partial charge on any atom is -0.296 e. The number of hydrogen-bond donors (Lipinski definition) is 0. The van der Waals surface area contributed by atoms with E-state index >= 15 is 0 Å². The Morgan fingerprint density at radius 3 is 2.60 bits per heavy atom. The molecule has 15 heavy (non-hydrogen) atoms. The van der Waals surface area contributed by atoms with E-state index in [0.717, 1.165) is 5.69 Å². The van der Waals surface area contributed by atoms with E-state index in [-0.39, 0.29) is 11.4 Å². The highest BCUT2D eigenvalue weighted by Gasteiger charge is 2.11. The van der Waals surface area contributed by atoms with Crippen molar-refractivity contribution in [2.45, 2.75) is 0 Å². The van der Waals surface area contributed by atoms with Crippen LogP contribution < -0.4 is 0 Å². The summed E-state index contributed by atoms with van der Waals surface area (Å²) in [5, 5.41) is 6.64. The van der Waals surface area contributed by atoms with Gasteiger partial charge < -0.3 is 0 Å². The van der Waals surface area contributed by atoms with Crippen molar-refractivity contribution in [3.8, 4) is 5.69 Å². The fourth-order valence-electron chi connectivity index (χ4n) is 1.30. The summed E-state index contributed by atoms with van der Waals surface area (Å²) in [7, 11) is 0. The summed E-state index contributed by atoms with van der Waals surface area (Å²) < 4.78 is 1.38. The maximum Gasteiger partial charge on any atom is 0.170 e. The van der Waals surface area contributed by atoms with Gasteiger partial charge in [0.25, 0.3) is 0 Å². The maximum atomic E-state index is 10.8. The molecule has 0 aliphatic heterocycles. The summed E-state index contributed by atoms with van der Waals surface area (Å²) in [5.41, 5.74) is 0.930. The van der Waals surface area contributed by atoms with Gasteiger partial charge in [-0.1, -0.05) is 18.2 Å². The van der Waals surface area contributed by atoms with Crippen molar-refractivity contribution in [1.82, 2.24) is 9.78 Å². The first-order valence-corrected chi connectivity index (χ1v) is 4.29. The summed E-state index contributed by atoms with van der Waals surface area (Å²) in [6.07, 6.45) is 1.83. The van der Waals surface area contributed by atoms with E-state index in [9.17, 15) is 9.70 Å². The average molecular weight is 201 g/mol. The van der Waals surface area contributed by atoms with Gasteiger partial charge in [0.2, 0.25) is 0 Å². The molecule has 5 heteroatoms. The molecule has 0 spiro atoms. The van der Waals surface area contributed by atoms with Crippen molar-refractivity contribution < 1.29 is 4.79 Å². The van der Waals surface area contributed by atoms with E-state index in [0.29, 0.717) is 6.29 Å². The van der Waals surface area contributed by atoms with E-state index in [2.05, 4.69) is 10.3 Å². The fourth-order valence-corrected chi connectivity index (χ4v) is 1.30. The Bertz CT molecular complexity index is 491. The predicted molar refractivity (Wildman–Crippen MR) is 54.4 cm³/mol. The van der Waals surface area contributed by atoms with Gasteiger partial charge in [-0.05, 0) is 17.3 Å². The Hall–Kier alpha value is -2.30. The van der Waals surface area contributed by atoms with Gasteiger partial charge >= 0.3 is 0 Å². The Labute approximate surface area is 85.3 Å². The molecule has 2 aromatic rings. The lowest BCUT2D eigenvalue weighted by molar-refractivity contribution is 0.111. The molecule has 0 fully saturated rings. The first kappa shape index (κ1) is 9.26. The largest absolute Gasteiger partial charge is 0.296 e. The number of aldehydes is 1. The number of nitrogens with zero attached hydrogens (tertiary/aromatic N) is 3. The van der Waals surface area contributed by atoms with E-state index in [1.165, 1.54) is 10.9 Å². The van der Waals surface area contributed by atoms with Crippen LogP contribution in [0.1, 0.15) is 10.5 Å². The second-order valence-electron chi connectivity index (χ2n) is 2.87. The lowest BCUT2D eigenvalue weighted by atomic mass is 10.3. The molecule has 1 heterocycles. The van der Waals surface area contributed by atoms with Crippen molar-refractivity contribution in [3.05, 3.63) is 47.1 Å². The van der Waals surface area contributed by atoms with E-state index in [1.807, 2.05) is 18.2 Å². The Morgan fingerprint density at radius 2 is 2.00 bits per heavy atom. The quantitative estimate of drug-likeness (QED) is 0.564. The molecule has 1 aromatic heterocycles. The maximum absolute atomic E-state index is 10.8. The van der Waals surface area contributed by atoms with Crippen molar-refractivity contribution in [2.75, 3.05) is 0 Å². The highest BCUT2D eigenvalue weighted by atomic mass is 16.3. The van der Waals surface area contributed by atoms with Crippen LogP contribution in [0.15, 0.2) is 41.7 Å². The third-order valence-corrected chi connectivity index (χ3v) is 2.00. The number of carbonyl (C=O) groups excluding carboxylic acids is 1. The number of para-hydroxylation sites is 1. The molecule has 0 unspecified atom stereocenters. The third-order valence-electron chi connectivity index (χ3n) is 2.00. The summed E-state index contributed by atoms with van der Waals surface area (Å²) >= 11 is 0. The summed E-state index contributed by atoms with van der Waals surface area (Å²) in [4.78, 5) is 21.2. The zero-order valence-corrected chi connectivity index (χ0v) is 7.70. The Balaban J connectivity index is 2.59. The lowest BCUT2D eigenvalue weighted by Crippen LogP contribution is -2.00. The van der Waals surface area contributed by atoms with Crippen LogP contribution in [0.25, 0.3) is 5.69 Å². The number of carbonyl (C=O) groups is 1. The molecule has 2 rings (SSSR count). The standard InChI is InChI=1S/C10H7N3O2/c14-7-10-9(12-15)6-11-13(10)8-4-2-1-3-5-8/h1-7H. The Kier molecular flexibility index (Phi) is 2.37. The van der Waals surface area contributed by atoms with E-state index < -0.39 is 0 Å². The summed E-state index contributed by atoms with van der Waals surface area (Å²) in [5.74, 6) is 0. The molecule has 0 aliphatic rings. The first-order valence-electron chi connectivity index (χ1n) is 4.29. The van der Waals surface area contributed by atoms with Gasteiger partial charge in [-0.2, -0.15) is 5.10 Å². The highest BCUT2D eigenvalue weighted by Crippen LogP contribution is 2.19. The SMILES string of the molecule is O=Cc1c(N=O)cnn1-c1ccccc1. The summed E-state index contributed by atoms with van der Waals surface area (Å²) in [6.45, 7) is 0. The van der Waals surface area contributed by atoms with Crippen LogP contribution in [-0.4, -0.2) is 16.1 Å². The van der Waals surface area contributed by atoms with E-state index in [4.69, 9.17) is 0 Å². The zero-order chi connectivity index (χ0) is 10.7. The van der Waals surface area contributed by atoms with Crippen molar-refractivity contribution in [3.63, 3.8) is 0 Å². The first-order chi connectivity index (χ1) is 7.36. The van der Waals surface area contributed by atoms with Crippen molar-refractivity contribution >= 4 is 12.0 Å². The van der Waals surface area contributed by atoms with Crippen LogP contribution in [0.5, 0.6) is 0 Å². The van der Waals surface area contributed by atoms with Crippen molar-refractivity contribution in [2.24, 2.45) is 5.18 Å². The smallest absolute Gasteiger partial charge is 0.170 e. The normalized spacial score (nSPS) is 9.87. The number of aromatic nitrogens is 2. The second-order valence-corrected chi connectivity index (χ2v) is 2.87. The van der Waals surface area contributed by atoms with Gasteiger partial charge in [-0.15, -0.1) is 4.91 Å². The fraction of sp³-hybridized carbons (Fsp3) is 0.